The predicted molar refractivity (Wildman–Crippen MR) is 108 cm³/mol. The Morgan fingerprint density at radius 2 is 1.96 bits per heavy atom. The summed E-state index contributed by atoms with van der Waals surface area (Å²) < 4.78 is 0. The first-order valence-corrected chi connectivity index (χ1v) is 10.9. The van der Waals surface area contributed by atoms with E-state index in [1.54, 1.807) is 12.2 Å². The molecule has 0 spiro atoms. The van der Waals surface area contributed by atoms with Gasteiger partial charge >= 0.3 is 0 Å². The lowest BCUT2D eigenvalue weighted by Crippen LogP contribution is -2.66. The first-order valence-electron chi connectivity index (χ1n) is 10.4. The van der Waals surface area contributed by atoms with Gasteiger partial charge in [-0.15, -0.1) is 11.6 Å². The topological polar surface area (TPSA) is 74.6 Å². The Labute approximate surface area is 172 Å². The van der Waals surface area contributed by atoms with Crippen LogP contribution in [0, 0.1) is 34.0 Å². The Kier molecular flexibility index (Phi) is 4.37. The molecule has 0 unspecified atom stereocenters. The fourth-order valence-corrected chi connectivity index (χ4v) is 7.88. The minimum atomic E-state index is -1.50. The van der Waals surface area contributed by atoms with Gasteiger partial charge in [0.05, 0.1) is 12.0 Å². The SMILES string of the molecule is C[C@@H]1C[C@H]2[C@@H]3CCC4=CC(=O)C=C[C@]4(C)[C@@]3(C)[C@@H](O)C[C@]2(C)[C@@]1(O)C(=O)CCl. The predicted octanol–water partition coefficient (Wildman–Crippen LogP) is 3.44. The molecule has 0 bridgehead atoms. The van der Waals surface area contributed by atoms with Gasteiger partial charge in [-0.3, -0.25) is 9.59 Å². The highest BCUT2D eigenvalue weighted by Crippen LogP contribution is 2.72. The molecule has 0 radical (unpaired) electrons. The molecule has 2 N–H and O–H groups in total. The molecule has 5 heteroatoms. The van der Waals surface area contributed by atoms with E-state index < -0.39 is 27.9 Å². The number of aliphatic hydroxyl groups excluding tert-OH is 1. The van der Waals surface area contributed by atoms with E-state index in [9.17, 15) is 19.8 Å². The molecule has 3 saturated carbocycles. The number of aliphatic hydroxyl groups is 2. The number of hydrogen-bond donors (Lipinski definition) is 2. The van der Waals surface area contributed by atoms with E-state index >= 15 is 0 Å². The van der Waals surface area contributed by atoms with Crippen LogP contribution in [0.2, 0.25) is 0 Å². The van der Waals surface area contributed by atoms with Gasteiger partial charge in [-0.2, -0.15) is 0 Å². The van der Waals surface area contributed by atoms with Crippen LogP contribution >= 0.6 is 11.6 Å². The summed E-state index contributed by atoms with van der Waals surface area (Å²) in [6.07, 6.45) is 7.44. The quantitative estimate of drug-likeness (QED) is 0.689. The van der Waals surface area contributed by atoms with Crippen LogP contribution in [0.15, 0.2) is 23.8 Å². The van der Waals surface area contributed by atoms with Crippen LogP contribution in [0.5, 0.6) is 0 Å². The number of halogens is 1. The molecule has 154 valence electrons. The van der Waals surface area contributed by atoms with Gasteiger partial charge in [-0.05, 0) is 55.6 Å². The summed E-state index contributed by atoms with van der Waals surface area (Å²) in [6, 6.07) is 0. The van der Waals surface area contributed by atoms with Crippen LogP contribution in [0.4, 0.5) is 0 Å². The van der Waals surface area contributed by atoms with E-state index in [0.29, 0.717) is 6.42 Å². The smallest absolute Gasteiger partial charge is 0.179 e. The van der Waals surface area contributed by atoms with Crippen molar-refractivity contribution in [2.45, 2.75) is 65.1 Å². The molecule has 8 atom stereocenters. The van der Waals surface area contributed by atoms with Crippen molar-refractivity contribution >= 4 is 23.2 Å². The number of alkyl halides is 1. The lowest BCUT2D eigenvalue weighted by Gasteiger charge is -2.65. The lowest BCUT2D eigenvalue weighted by molar-refractivity contribution is -0.206. The molecule has 0 aliphatic heterocycles. The normalized spacial score (nSPS) is 52.5. The molecule has 3 fully saturated rings. The summed E-state index contributed by atoms with van der Waals surface area (Å²) in [5.74, 6) is -0.444. The third kappa shape index (κ3) is 2.10. The molecular formula is C23H31ClO4. The molecule has 4 nitrogen and oxygen atoms in total. The van der Waals surface area contributed by atoms with Gasteiger partial charge in [0.2, 0.25) is 0 Å². The van der Waals surface area contributed by atoms with Crippen molar-refractivity contribution in [1.82, 2.24) is 0 Å². The van der Waals surface area contributed by atoms with Gasteiger partial charge in [-0.25, -0.2) is 0 Å². The van der Waals surface area contributed by atoms with Gasteiger partial charge in [0.1, 0.15) is 5.60 Å². The van der Waals surface area contributed by atoms with E-state index in [1.165, 1.54) is 0 Å². The lowest BCUT2D eigenvalue weighted by atomic mass is 9.39. The van der Waals surface area contributed by atoms with Crippen molar-refractivity contribution in [1.29, 1.82) is 0 Å². The molecule has 0 aromatic rings. The maximum absolute atomic E-state index is 12.8. The Morgan fingerprint density at radius 3 is 2.61 bits per heavy atom. The third-order valence-electron chi connectivity index (χ3n) is 9.53. The van der Waals surface area contributed by atoms with E-state index in [1.807, 2.05) is 19.9 Å². The molecule has 28 heavy (non-hydrogen) atoms. The fraction of sp³-hybridized carbons (Fsp3) is 0.739. The number of fused-ring (bicyclic) bond motifs is 5. The van der Waals surface area contributed by atoms with Crippen molar-refractivity contribution in [2.75, 3.05) is 5.88 Å². The molecule has 0 amide bonds. The van der Waals surface area contributed by atoms with Crippen molar-refractivity contribution in [3.8, 4) is 0 Å². The molecular weight excluding hydrogens is 376 g/mol. The molecule has 0 aromatic heterocycles. The number of Topliss-reactive ketones (excluding diaryl/α,β-unsaturated/α-hetero) is 1. The minimum Gasteiger partial charge on any atom is -0.392 e. The average Bonchev–Trinajstić information content (AvgIpc) is 2.84. The van der Waals surface area contributed by atoms with Gasteiger partial charge < -0.3 is 10.2 Å². The molecule has 0 aromatic carbocycles. The largest absolute Gasteiger partial charge is 0.392 e. The summed E-state index contributed by atoms with van der Waals surface area (Å²) >= 11 is 5.89. The Hall–Kier alpha value is -0.970. The molecule has 0 heterocycles. The van der Waals surface area contributed by atoms with Crippen molar-refractivity contribution < 1.29 is 19.8 Å². The molecule has 0 saturated heterocycles. The van der Waals surface area contributed by atoms with Gasteiger partial charge in [-0.1, -0.05) is 39.3 Å². The fourth-order valence-electron chi connectivity index (χ4n) is 7.67. The second-order valence-corrected chi connectivity index (χ2v) is 10.5. The monoisotopic (exact) mass is 406 g/mol. The summed E-state index contributed by atoms with van der Waals surface area (Å²) in [5, 5.41) is 23.1. The summed E-state index contributed by atoms with van der Waals surface area (Å²) in [7, 11) is 0. The number of hydrogen-bond acceptors (Lipinski definition) is 4. The summed E-state index contributed by atoms with van der Waals surface area (Å²) in [5.41, 5.74) is -1.96. The number of carbonyl (C=O) groups is 2. The highest BCUT2D eigenvalue weighted by Gasteiger charge is 2.73. The van der Waals surface area contributed by atoms with Crippen LogP contribution in [-0.4, -0.2) is 39.4 Å². The molecule has 4 aliphatic rings. The van der Waals surface area contributed by atoms with Crippen LogP contribution in [0.1, 0.15) is 53.4 Å². The number of carbonyl (C=O) groups excluding carboxylic acids is 2. The zero-order valence-corrected chi connectivity index (χ0v) is 17.9. The van der Waals surface area contributed by atoms with Crippen molar-refractivity contribution in [3.63, 3.8) is 0 Å². The second kappa shape index (κ2) is 6.02. The van der Waals surface area contributed by atoms with Gasteiger partial charge in [0.25, 0.3) is 0 Å². The first kappa shape index (κ1) is 20.3. The van der Waals surface area contributed by atoms with E-state index in [-0.39, 0.29) is 35.2 Å². The van der Waals surface area contributed by atoms with E-state index in [0.717, 1.165) is 24.8 Å². The van der Waals surface area contributed by atoms with Crippen LogP contribution in [-0.2, 0) is 9.59 Å². The number of allylic oxidation sites excluding steroid dienone is 4. The van der Waals surface area contributed by atoms with Crippen molar-refractivity contribution in [3.05, 3.63) is 23.8 Å². The highest BCUT2D eigenvalue weighted by atomic mass is 35.5. The van der Waals surface area contributed by atoms with Gasteiger partial charge in [0, 0.05) is 16.2 Å². The zero-order chi connectivity index (χ0) is 20.7. The van der Waals surface area contributed by atoms with E-state index in [2.05, 4.69) is 13.8 Å². The summed E-state index contributed by atoms with van der Waals surface area (Å²) in [4.78, 5) is 24.7. The van der Waals surface area contributed by atoms with Crippen molar-refractivity contribution in [2.24, 2.45) is 34.0 Å². The Bertz CT molecular complexity index is 802. The zero-order valence-electron chi connectivity index (χ0n) is 17.2. The maximum Gasteiger partial charge on any atom is 0.179 e. The first-order chi connectivity index (χ1) is 13.0. The van der Waals surface area contributed by atoms with Gasteiger partial charge in [0.15, 0.2) is 11.6 Å². The maximum atomic E-state index is 12.8. The van der Waals surface area contributed by atoms with Crippen LogP contribution < -0.4 is 0 Å². The average molecular weight is 407 g/mol. The Balaban J connectivity index is 1.84. The number of rotatable bonds is 2. The third-order valence-corrected chi connectivity index (χ3v) is 9.77. The highest BCUT2D eigenvalue weighted by molar-refractivity contribution is 6.29. The number of ketones is 2. The summed E-state index contributed by atoms with van der Waals surface area (Å²) in [6.45, 7) is 8.18. The minimum absolute atomic E-state index is 0.0150. The van der Waals surface area contributed by atoms with Crippen LogP contribution in [0.25, 0.3) is 0 Å². The second-order valence-electron chi connectivity index (χ2n) is 10.2. The molecule has 4 aliphatic carbocycles. The van der Waals surface area contributed by atoms with Crippen LogP contribution in [0.3, 0.4) is 0 Å². The standard InChI is InChI=1S/C23H31ClO4/c1-13-9-17-16-6-5-14-10-15(25)7-8-20(14,2)22(16,4)18(26)11-21(17,3)23(13,28)19(27)12-24/h7-8,10,13,16-18,26,28H,5-6,9,11-12H2,1-4H3/t13-,16+,17+,18+,20+,21+,22-,23+/m1/s1. The van der Waals surface area contributed by atoms with E-state index in [4.69, 9.17) is 11.6 Å². The Morgan fingerprint density at radius 1 is 1.29 bits per heavy atom. The molecule has 4 rings (SSSR count).